The first-order valence-electron chi connectivity index (χ1n) is 6.69. The van der Waals surface area contributed by atoms with Gasteiger partial charge in [-0.15, -0.1) is 0 Å². The molecule has 1 saturated heterocycles. The Balaban J connectivity index is 1.99. The van der Waals surface area contributed by atoms with Crippen molar-refractivity contribution >= 4 is 26.6 Å². The van der Waals surface area contributed by atoms with Crippen molar-refractivity contribution in [1.82, 2.24) is 9.88 Å². The molecule has 1 aliphatic heterocycles. The van der Waals surface area contributed by atoms with E-state index >= 15 is 0 Å². The van der Waals surface area contributed by atoms with E-state index in [0.717, 1.165) is 0 Å². The summed E-state index contributed by atoms with van der Waals surface area (Å²) >= 11 is 0. The van der Waals surface area contributed by atoms with Gasteiger partial charge in [0.1, 0.15) is 11.4 Å². The Morgan fingerprint density at radius 2 is 1.91 bits per heavy atom. The van der Waals surface area contributed by atoms with Gasteiger partial charge >= 0.3 is 0 Å². The summed E-state index contributed by atoms with van der Waals surface area (Å²) < 4.78 is 36.4. The quantitative estimate of drug-likeness (QED) is 0.829. The van der Waals surface area contributed by atoms with E-state index in [0.29, 0.717) is 0 Å². The molecule has 2 heterocycles. The van der Waals surface area contributed by atoms with Crippen LogP contribution in [-0.4, -0.2) is 48.8 Å². The van der Waals surface area contributed by atoms with Crippen molar-refractivity contribution in [2.45, 2.75) is 0 Å². The third kappa shape index (κ3) is 2.50. The van der Waals surface area contributed by atoms with E-state index in [1.54, 1.807) is 0 Å². The number of carbonyl (C=O) groups excluding carboxylic acids is 1. The zero-order valence-electron chi connectivity index (χ0n) is 11.5. The predicted molar refractivity (Wildman–Crippen MR) is 79.1 cm³/mol. The first-order valence-corrected chi connectivity index (χ1v) is 8.51. The number of hydrogen-bond donors (Lipinski definition) is 1. The van der Waals surface area contributed by atoms with E-state index in [2.05, 4.69) is 4.98 Å². The van der Waals surface area contributed by atoms with Crippen LogP contribution < -0.4 is 5.43 Å². The number of amides is 1. The summed E-state index contributed by atoms with van der Waals surface area (Å²) in [5, 5.41) is 0.0930. The van der Waals surface area contributed by atoms with Crippen molar-refractivity contribution in [3.63, 3.8) is 0 Å². The molecule has 3 rings (SSSR count). The van der Waals surface area contributed by atoms with Crippen LogP contribution in [0.5, 0.6) is 0 Å². The van der Waals surface area contributed by atoms with Crippen LogP contribution in [0.3, 0.4) is 0 Å². The van der Waals surface area contributed by atoms with Gasteiger partial charge in [-0.25, -0.2) is 12.8 Å². The zero-order chi connectivity index (χ0) is 15.9. The lowest BCUT2D eigenvalue weighted by atomic mass is 10.1. The van der Waals surface area contributed by atoms with Gasteiger partial charge in [0.25, 0.3) is 5.91 Å². The minimum absolute atomic E-state index is 0.0465. The molecule has 0 unspecified atom stereocenters. The number of carbonyl (C=O) groups is 1. The molecule has 1 fully saturated rings. The largest absolute Gasteiger partial charge is 0.358 e. The van der Waals surface area contributed by atoms with Gasteiger partial charge in [0.05, 0.1) is 17.0 Å². The second-order valence-electron chi connectivity index (χ2n) is 5.14. The number of aromatic nitrogens is 1. The van der Waals surface area contributed by atoms with Crippen molar-refractivity contribution in [3.8, 4) is 0 Å². The smallest absolute Gasteiger partial charge is 0.259 e. The average Bonchev–Trinajstić information content (AvgIpc) is 2.48. The second kappa shape index (κ2) is 5.20. The number of hydrogen-bond acceptors (Lipinski definition) is 4. The maximum absolute atomic E-state index is 13.6. The highest BCUT2D eigenvalue weighted by molar-refractivity contribution is 7.91. The normalized spacial score (nSPS) is 17.6. The number of H-pyrrole nitrogens is 1. The molecule has 22 heavy (non-hydrogen) atoms. The predicted octanol–water partition coefficient (Wildman–Crippen LogP) is 0.538. The molecule has 0 saturated carbocycles. The van der Waals surface area contributed by atoms with Crippen molar-refractivity contribution in [1.29, 1.82) is 0 Å². The van der Waals surface area contributed by atoms with Gasteiger partial charge in [0.15, 0.2) is 9.84 Å². The number of halogens is 1. The monoisotopic (exact) mass is 324 g/mol. The van der Waals surface area contributed by atoms with Crippen LogP contribution in [0.1, 0.15) is 10.4 Å². The Morgan fingerprint density at radius 3 is 2.59 bits per heavy atom. The van der Waals surface area contributed by atoms with Crippen molar-refractivity contribution in [3.05, 3.63) is 46.0 Å². The molecule has 8 heteroatoms. The van der Waals surface area contributed by atoms with Crippen molar-refractivity contribution in [2.24, 2.45) is 0 Å². The highest BCUT2D eigenvalue weighted by Gasteiger charge is 2.27. The number of benzene rings is 1. The van der Waals surface area contributed by atoms with Gasteiger partial charge in [-0.05, 0) is 12.1 Å². The molecule has 0 aliphatic carbocycles. The number of pyridine rings is 1. The molecule has 0 radical (unpaired) electrons. The molecule has 1 amide bonds. The summed E-state index contributed by atoms with van der Waals surface area (Å²) in [6.07, 6.45) is 1.18. The first kappa shape index (κ1) is 14.7. The van der Waals surface area contributed by atoms with E-state index in [-0.39, 0.29) is 41.1 Å². The first-order chi connectivity index (χ1) is 10.4. The van der Waals surface area contributed by atoms with E-state index in [9.17, 15) is 22.4 Å². The van der Waals surface area contributed by atoms with Crippen LogP contribution in [0.25, 0.3) is 10.9 Å². The Labute approximate surface area is 125 Å². The van der Waals surface area contributed by atoms with E-state index in [1.807, 2.05) is 0 Å². The zero-order valence-corrected chi connectivity index (χ0v) is 12.3. The van der Waals surface area contributed by atoms with Gasteiger partial charge in [0.2, 0.25) is 5.43 Å². The highest BCUT2D eigenvalue weighted by atomic mass is 32.2. The summed E-state index contributed by atoms with van der Waals surface area (Å²) in [4.78, 5) is 28.7. The molecule has 1 aromatic carbocycles. The van der Waals surface area contributed by atoms with E-state index < -0.39 is 27.0 Å². The number of nitrogens with zero attached hydrogens (tertiary/aromatic N) is 1. The lowest BCUT2D eigenvalue weighted by Crippen LogP contribution is -2.45. The summed E-state index contributed by atoms with van der Waals surface area (Å²) in [6.45, 7) is 0.115. The molecule has 1 aliphatic rings. The highest BCUT2D eigenvalue weighted by Crippen LogP contribution is 2.14. The molecule has 6 nitrogen and oxygen atoms in total. The molecular weight excluding hydrogens is 311 g/mol. The van der Waals surface area contributed by atoms with E-state index in [1.165, 1.54) is 29.3 Å². The summed E-state index contributed by atoms with van der Waals surface area (Å²) in [7, 11) is -3.11. The standard InChI is InChI=1S/C14H13FN2O4S/c15-11-3-1-2-9-12(11)16-8-10(13(9)18)14(19)17-4-6-22(20,21)7-5-17/h1-3,8H,4-7H2,(H,16,18). The molecule has 116 valence electrons. The molecule has 2 aromatic rings. The van der Waals surface area contributed by atoms with Crippen LogP contribution in [-0.2, 0) is 9.84 Å². The summed E-state index contributed by atoms with van der Waals surface area (Å²) in [6, 6.07) is 4.05. The fraction of sp³-hybridized carbons (Fsp3) is 0.286. The molecule has 0 spiro atoms. The lowest BCUT2D eigenvalue weighted by molar-refractivity contribution is 0.0769. The van der Waals surface area contributed by atoms with Crippen LogP contribution in [0, 0.1) is 5.82 Å². The van der Waals surface area contributed by atoms with Crippen LogP contribution >= 0.6 is 0 Å². The number of aromatic amines is 1. The average molecular weight is 324 g/mol. The van der Waals surface area contributed by atoms with Gasteiger partial charge in [-0.1, -0.05) is 6.07 Å². The van der Waals surface area contributed by atoms with Gasteiger partial charge in [0, 0.05) is 24.7 Å². The number of para-hydroxylation sites is 1. The Bertz CT molecular complexity index is 906. The maximum Gasteiger partial charge on any atom is 0.259 e. The van der Waals surface area contributed by atoms with Crippen LogP contribution in [0.4, 0.5) is 4.39 Å². The maximum atomic E-state index is 13.6. The minimum Gasteiger partial charge on any atom is -0.358 e. The van der Waals surface area contributed by atoms with Crippen LogP contribution in [0.2, 0.25) is 0 Å². The lowest BCUT2D eigenvalue weighted by Gasteiger charge is -2.26. The summed E-state index contributed by atoms with van der Waals surface area (Å²) in [5.41, 5.74) is -0.630. The number of rotatable bonds is 1. The van der Waals surface area contributed by atoms with Gasteiger partial charge in [-0.3, -0.25) is 9.59 Å². The molecular formula is C14H13FN2O4S. The Morgan fingerprint density at radius 1 is 1.23 bits per heavy atom. The third-order valence-electron chi connectivity index (χ3n) is 3.73. The third-order valence-corrected chi connectivity index (χ3v) is 5.33. The second-order valence-corrected chi connectivity index (χ2v) is 7.44. The molecule has 1 N–H and O–H groups in total. The number of sulfone groups is 1. The number of fused-ring (bicyclic) bond motifs is 1. The molecule has 0 bridgehead atoms. The van der Waals surface area contributed by atoms with Gasteiger partial charge in [-0.2, -0.15) is 0 Å². The minimum atomic E-state index is -3.11. The van der Waals surface area contributed by atoms with Crippen molar-refractivity contribution < 1.29 is 17.6 Å². The fourth-order valence-electron chi connectivity index (χ4n) is 2.46. The van der Waals surface area contributed by atoms with Crippen LogP contribution in [0.15, 0.2) is 29.2 Å². The SMILES string of the molecule is O=C(c1c[nH]c2c(F)cccc2c1=O)N1CCS(=O)(=O)CC1. The van der Waals surface area contributed by atoms with Gasteiger partial charge < -0.3 is 9.88 Å². The topological polar surface area (TPSA) is 87.3 Å². The molecule has 1 aromatic heterocycles. The Hall–Kier alpha value is -2.22. The van der Waals surface area contributed by atoms with Crippen molar-refractivity contribution in [2.75, 3.05) is 24.6 Å². The fourth-order valence-corrected chi connectivity index (χ4v) is 3.66. The van der Waals surface area contributed by atoms with E-state index in [4.69, 9.17) is 0 Å². The summed E-state index contributed by atoms with van der Waals surface area (Å²) in [5.74, 6) is -1.34. The number of nitrogens with one attached hydrogen (secondary N) is 1. The Kier molecular flexibility index (Phi) is 3.48. The molecule has 0 atom stereocenters.